The van der Waals surface area contributed by atoms with Crippen molar-refractivity contribution in [2.45, 2.75) is 0 Å². The van der Waals surface area contributed by atoms with Gasteiger partial charge in [0.15, 0.2) is 6.79 Å². The normalized spacial score (nSPS) is 16.2. The topological polar surface area (TPSA) is 30.9 Å². The minimum absolute atomic E-state index is 0.284. The van der Waals surface area contributed by atoms with Gasteiger partial charge in [-0.15, -0.1) is 0 Å². The van der Waals surface area contributed by atoms with Gasteiger partial charge in [-0.3, -0.25) is 0 Å². The Kier molecular flexibility index (Phi) is 4.02. The highest BCUT2D eigenvalue weighted by Crippen LogP contribution is 2.21. The molecule has 0 bridgehead atoms. The highest BCUT2D eigenvalue weighted by atomic mass is 16.7. The molecule has 16 heavy (non-hydrogen) atoms. The maximum Gasteiger partial charge on any atom is 0.188 e. The zero-order valence-corrected chi connectivity index (χ0v) is 9.52. The maximum absolute atomic E-state index is 5.41. The molecule has 1 aliphatic rings. The van der Waals surface area contributed by atoms with Crippen LogP contribution in [0.25, 0.3) is 0 Å². The molecule has 1 saturated heterocycles. The van der Waals surface area contributed by atoms with Crippen LogP contribution in [0.5, 0.6) is 5.75 Å². The summed E-state index contributed by atoms with van der Waals surface area (Å²) in [6.07, 6.45) is 0. The third kappa shape index (κ3) is 2.87. The Hall–Kier alpha value is -1.26. The summed E-state index contributed by atoms with van der Waals surface area (Å²) in [5, 5.41) is 0. The number of rotatable bonds is 4. The van der Waals surface area contributed by atoms with E-state index in [-0.39, 0.29) is 6.79 Å². The second kappa shape index (κ2) is 5.72. The molecule has 0 atom stereocenters. The van der Waals surface area contributed by atoms with Crippen molar-refractivity contribution in [3.63, 3.8) is 0 Å². The van der Waals surface area contributed by atoms with Gasteiger partial charge in [-0.1, -0.05) is 6.07 Å². The third-order valence-electron chi connectivity index (χ3n) is 2.54. The SMILES string of the molecule is COCOc1cccc(N2CCOCC2)c1. The van der Waals surface area contributed by atoms with Crippen LogP contribution in [0.2, 0.25) is 0 Å². The number of morpholine rings is 1. The van der Waals surface area contributed by atoms with Crippen LogP contribution < -0.4 is 9.64 Å². The lowest BCUT2D eigenvalue weighted by Gasteiger charge is -2.29. The summed E-state index contributed by atoms with van der Waals surface area (Å²) in [5.74, 6) is 0.839. The first-order valence-electron chi connectivity index (χ1n) is 5.44. The van der Waals surface area contributed by atoms with E-state index in [9.17, 15) is 0 Å². The maximum atomic E-state index is 5.41. The van der Waals surface area contributed by atoms with Gasteiger partial charge >= 0.3 is 0 Å². The first-order valence-corrected chi connectivity index (χ1v) is 5.44. The Balaban J connectivity index is 2.02. The molecule has 4 heteroatoms. The lowest BCUT2D eigenvalue weighted by molar-refractivity contribution is 0.0511. The molecule has 2 rings (SSSR count). The molecule has 1 aromatic rings. The summed E-state index contributed by atoms with van der Waals surface area (Å²) >= 11 is 0. The second-order valence-corrected chi connectivity index (χ2v) is 3.65. The van der Waals surface area contributed by atoms with Crippen LogP contribution >= 0.6 is 0 Å². The first-order chi connectivity index (χ1) is 7.90. The summed E-state index contributed by atoms with van der Waals surface area (Å²) < 4.78 is 15.6. The van der Waals surface area contributed by atoms with Gasteiger partial charge in [0.2, 0.25) is 0 Å². The molecule has 1 fully saturated rings. The van der Waals surface area contributed by atoms with E-state index in [1.807, 2.05) is 18.2 Å². The Morgan fingerprint density at radius 2 is 2.12 bits per heavy atom. The van der Waals surface area contributed by atoms with Crippen molar-refractivity contribution in [2.75, 3.05) is 45.1 Å². The monoisotopic (exact) mass is 223 g/mol. The molecule has 0 saturated carbocycles. The fourth-order valence-corrected chi connectivity index (χ4v) is 1.72. The second-order valence-electron chi connectivity index (χ2n) is 3.65. The van der Waals surface area contributed by atoms with Crippen molar-refractivity contribution >= 4 is 5.69 Å². The molecule has 1 aliphatic heterocycles. The van der Waals surface area contributed by atoms with Gasteiger partial charge in [0.25, 0.3) is 0 Å². The van der Waals surface area contributed by atoms with Gasteiger partial charge in [-0.05, 0) is 12.1 Å². The van der Waals surface area contributed by atoms with E-state index in [0.29, 0.717) is 0 Å². The van der Waals surface area contributed by atoms with Crippen molar-refractivity contribution in [1.82, 2.24) is 0 Å². The molecule has 88 valence electrons. The smallest absolute Gasteiger partial charge is 0.188 e. The number of nitrogens with zero attached hydrogens (tertiary/aromatic N) is 1. The van der Waals surface area contributed by atoms with E-state index in [2.05, 4.69) is 11.0 Å². The molecular formula is C12H17NO3. The van der Waals surface area contributed by atoms with Gasteiger partial charge in [-0.2, -0.15) is 0 Å². The summed E-state index contributed by atoms with van der Waals surface area (Å²) in [6, 6.07) is 8.05. The zero-order valence-electron chi connectivity index (χ0n) is 9.52. The van der Waals surface area contributed by atoms with Gasteiger partial charge in [-0.25, -0.2) is 0 Å². The molecule has 0 amide bonds. The average Bonchev–Trinajstić information content (AvgIpc) is 2.38. The Morgan fingerprint density at radius 3 is 2.88 bits per heavy atom. The molecule has 1 heterocycles. The molecule has 4 nitrogen and oxygen atoms in total. The fraction of sp³-hybridized carbons (Fsp3) is 0.500. The fourth-order valence-electron chi connectivity index (χ4n) is 1.72. The molecule has 1 aromatic carbocycles. The molecular weight excluding hydrogens is 206 g/mol. The minimum Gasteiger partial charge on any atom is -0.467 e. The molecule has 0 unspecified atom stereocenters. The van der Waals surface area contributed by atoms with Crippen molar-refractivity contribution in [3.8, 4) is 5.75 Å². The van der Waals surface area contributed by atoms with E-state index in [1.54, 1.807) is 7.11 Å². The van der Waals surface area contributed by atoms with Gasteiger partial charge in [0.1, 0.15) is 5.75 Å². The summed E-state index contributed by atoms with van der Waals surface area (Å²) in [5.41, 5.74) is 1.18. The first kappa shape index (κ1) is 11.2. The Bertz CT molecular complexity index is 324. The average molecular weight is 223 g/mol. The van der Waals surface area contributed by atoms with Crippen LogP contribution in [0.4, 0.5) is 5.69 Å². The minimum atomic E-state index is 0.284. The number of anilines is 1. The van der Waals surface area contributed by atoms with E-state index in [1.165, 1.54) is 5.69 Å². The number of benzene rings is 1. The summed E-state index contributed by atoms with van der Waals surface area (Å²) in [4.78, 5) is 2.29. The molecule has 0 aromatic heterocycles. The highest BCUT2D eigenvalue weighted by molar-refractivity contribution is 5.50. The predicted molar refractivity (Wildman–Crippen MR) is 62.0 cm³/mol. The largest absolute Gasteiger partial charge is 0.467 e. The molecule has 0 N–H and O–H groups in total. The zero-order chi connectivity index (χ0) is 11.2. The quantitative estimate of drug-likeness (QED) is 0.724. The Morgan fingerprint density at radius 1 is 1.31 bits per heavy atom. The molecule has 0 radical (unpaired) electrons. The summed E-state index contributed by atoms with van der Waals surface area (Å²) in [6.45, 7) is 3.75. The van der Waals surface area contributed by atoms with Crippen LogP contribution in [0.1, 0.15) is 0 Å². The highest BCUT2D eigenvalue weighted by Gasteiger charge is 2.11. The van der Waals surface area contributed by atoms with Gasteiger partial charge < -0.3 is 19.1 Å². The number of hydrogen-bond donors (Lipinski definition) is 0. The van der Waals surface area contributed by atoms with E-state index < -0.39 is 0 Å². The van der Waals surface area contributed by atoms with Crippen LogP contribution in [-0.4, -0.2) is 40.2 Å². The number of hydrogen-bond acceptors (Lipinski definition) is 4. The third-order valence-corrected chi connectivity index (χ3v) is 2.54. The van der Waals surface area contributed by atoms with Crippen molar-refractivity contribution in [3.05, 3.63) is 24.3 Å². The standard InChI is InChI=1S/C12H17NO3/c1-14-10-16-12-4-2-3-11(9-12)13-5-7-15-8-6-13/h2-4,9H,5-8,10H2,1H3. The van der Waals surface area contributed by atoms with Crippen LogP contribution in [0, 0.1) is 0 Å². The van der Waals surface area contributed by atoms with Crippen molar-refractivity contribution in [2.24, 2.45) is 0 Å². The summed E-state index contributed by atoms with van der Waals surface area (Å²) in [7, 11) is 1.62. The van der Waals surface area contributed by atoms with Crippen LogP contribution in [-0.2, 0) is 9.47 Å². The van der Waals surface area contributed by atoms with Crippen LogP contribution in [0.15, 0.2) is 24.3 Å². The van der Waals surface area contributed by atoms with E-state index >= 15 is 0 Å². The number of methoxy groups -OCH3 is 1. The predicted octanol–water partition coefficient (Wildman–Crippen LogP) is 1.51. The number of ether oxygens (including phenoxy) is 3. The lowest BCUT2D eigenvalue weighted by atomic mass is 10.2. The van der Waals surface area contributed by atoms with Crippen molar-refractivity contribution in [1.29, 1.82) is 0 Å². The molecule has 0 spiro atoms. The van der Waals surface area contributed by atoms with Gasteiger partial charge in [0.05, 0.1) is 13.2 Å². The Labute approximate surface area is 95.7 Å². The van der Waals surface area contributed by atoms with Gasteiger partial charge in [0, 0.05) is 32.0 Å². The lowest BCUT2D eigenvalue weighted by Crippen LogP contribution is -2.36. The van der Waals surface area contributed by atoms with Crippen molar-refractivity contribution < 1.29 is 14.2 Å². The van der Waals surface area contributed by atoms with Crippen LogP contribution in [0.3, 0.4) is 0 Å². The molecule has 0 aliphatic carbocycles. The van der Waals surface area contributed by atoms with E-state index in [4.69, 9.17) is 14.2 Å². The van der Waals surface area contributed by atoms with E-state index in [0.717, 1.165) is 32.1 Å².